The molecule has 1 saturated carbocycles. The van der Waals surface area contributed by atoms with Crippen molar-refractivity contribution >= 4 is 0 Å². The SMILES string of the molecule is Cc1cc(C)cc(C2(N)CCC(F)(F)CC2)c1. The van der Waals surface area contributed by atoms with Crippen LogP contribution in [0.3, 0.4) is 0 Å². The van der Waals surface area contributed by atoms with Gasteiger partial charge in [-0.05, 0) is 32.3 Å². The van der Waals surface area contributed by atoms with Crippen LogP contribution in [-0.4, -0.2) is 5.92 Å². The van der Waals surface area contributed by atoms with E-state index in [1.807, 2.05) is 26.0 Å². The molecule has 0 amide bonds. The van der Waals surface area contributed by atoms with E-state index in [4.69, 9.17) is 5.73 Å². The average molecular weight is 239 g/mol. The van der Waals surface area contributed by atoms with Crippen LogP contribution in [0.2, 0.25) is 0 Å². The van der Waals surface area contributed by atoms with E-state index in [0.717, 1.165) is 16.7 Å². The number of benzene rings is 1. The molecule has 0 aromatic heterocycles. The lowest BCUT2D eigenvalue weighted by Gasteiger charge is -2.37. The summed E-state index contributed by atoms with van der Waals surface area (Å²) >= 11 is 0. The first kappa shape index (κ1) is 12.5. The highest BCUT2D eigenvalue weighted by Gasteiger charge is 2.42. The van der Waals surface area contributed by atoms with E-state index >= 15 is 0 Å². The Morgan fingerprint density at radius 2 is 1.41 bits per heavy atom. The number of hydrogen-bond acceptors (Lipinski definition) is 1. The van der Waals surface area contributed by atoms with Crippen molar-refractivity contribution in [2.75, 3.05) is 0 Å². The second-order valence-corrected chi connectivity index (χ2v) is 5.39. The van der Waals surface area contributed by atoms with Crippen LogP contribution in [0.5, 0.6) is 0 Å². The van der Waals surface area contributed by atoms with Crippen LogP contribution in [-0.2, 0) is 5.54 Å². The summed E-state index contributed by atoms with van der Waals surface area (Å²) in [5.74, 6) is -2.53. The summed E-state index contributed by atoms with van der Waals surface area (Å²) in [5, 5.41) is 0. The van der Waals surface area contributed by atoms with E-state index in [-0.39, 0.29) is 12.8 Å². The van der Waals surface area contributed by atoms with Crippen LogP contribution < -0.4 is 5.73 Å². The van der Waals surface area contributed by atoms with Crippen LogP contribution in [0.15, 0.2) is 18.2 Å². The van der Waals surface area contributed by atoms with Gasteiger partial charge in [0.25, 0.3) is 0 Å². The zero-order valence-electron chi connectivity index (χ0n) is 10.4. The Hall–Kier alpha value is -0.960. The van der Waals surface area contributed by atoms with Gasteiger partial charge in [-0.1, -0.05) is 29.3 Å². The van der Waals surface area contributed by atoms with E-state index in [1.54, 1.807) is 0 Å². The maximum atomic E-state index is 13.2. The van der Waals surface area contributed by atoms with Gasteiger partial charge in [-0.25, -0.2) is 8.78 Å². The molecule has 17 heavy (non-hydrogen) atoms. The fourth-order valence-electron chi connectivity index (χ4n) is 2.61. The number of hydrogen-bond donors (Lipinski definition) is 1. The van der Waals surface area contributed by atoms with E-state index in [2.05, 4.69) is 6.07 Å². The Labute approximate surface area is 101 Å². The molecule has 0 bridgehead atoms. The molecule has 1 nitrogen and oxygen atoms in total. The summed E-state index contributed by atoms with van der Waals surface area (Å²) in [6.45, 7) is 4.02. The van der Waals surface area contributed by atoms with Crippen LogP contribution in [0.1, 0.15) is 42.4 Å². The molecule has 3 heteroatoms. The smallest absolute Gasteiger partial charge is 0.248 e. The Balaban J connectivity index is 2.27. The molecule has 1 aromatic carbocycles. The van der Waals surface area contributed by atoms with E-state index in [9.17, 15) is 8.78 Å². The van der Waals surface area contributed by atoms with Crippen LogP contribution in [0, 0.1) is 13.8 Å². The second kappa shape index (κ2) is 4.05. The maximum absolute atomic E-state index is 13.2. The van der Waals surface area contributed by atoms with Gasteiger partial charge < -0.3 is 5.73 Å². The predicted octanol–water partition coefficient (Wildman–Crippen LogP) is 3.67. The highest BCUT2D eigenvalue weighted by Crippen LogP contribution is 2.42. The highest BCUT2D eigenvalue weighted by atomic mass is 19.3. The van der Waals surface area contributed by atoms with Crippen LogP contribution in [0.4, 0.5) is 8.78 Å². The van der Waals surface area contributed by atoms with Gasteiger partial charge in [-0.15, -0.1) is 0 Å². The molecule has 0 radical (unpaired) electrons. The third kappa shape index (κ3) is 2.65. The third-order valence-corrected chi connectivity index (χ3v) is 3.67. The maximum Gasteiger partial charge on any atom is 0.248 e. The summed E-state index contributed by atoms with van der Waals surface area (Å²) in [4.78, 5) is 0. The minimum atomic E-state index is -2.53. The molecule has 0 unspecified atom stereocenters. The summed E-state index contributed by atoms with van der Waals surface area (Å²) in [6.07, 6.45) is 0.527. The van der Waals surface area contributed by atoms with Gasteiger partial charge in [0.1, 0.15) is 0 Å². The van der Waals surface area contributed by atoms with Crippen molar-refractivity contribution in [2.24, 2.45) is 5.73 Å². The van der Waals surface area contributed by atoms with Gasteiger partial charge in [0.05, 0.1) is 0 Å². The first-order valence-corrected chi connectivity index (χ1v) is 6.06. The topological polar surface area (TPSA) is 26.0 Å². The molecule has 1 aliphatic rings. The summed E-state index contributed by atoms with van der Waals surface area (Å²) in [7, 11) is 0. The number of halogens is 2. The van der Waals surface area contributed by atoms with Gasteiger partial charge >= 0.3 is 0 Å². The molecular weight excluding hydrogens is 220 g/mol. The monoisotopic (exact) mass is 239 g/mol. The molecular formula is C14H19F2N. The van der Waals surface area contributed by atoms with Crippen molar-refractivity contribution in [1.82, 2.24) is 0 Å². The van der Waals surface area contributed by atoms with Crippen LogP contribution >= 0.6 is 0 Å². The number of rotatable bonds is 1. The molecule has 0 aliphatic heterocycles. The molecule has 1 aliphatic carbocycles. The Morgan fingerprint density at radius 1 is 0.941 bits per heavy atom. The normalized spacial score (nSPS) is 22.4. The lowest BCUT2D eigenvalue weighted by atomic mass is 9.75. The molecule has 0 spiro atoms. The molecule has 94 valence electrons. The molecule has 2 N–H and O–H groups in total. The Morgan fingerprint density at radius 3 is 1.88 bits per heavy atom. The highest BCUT2D eigenvalue weighted by molar-refractivity contribution is 5.33. The number of nitrogens with two attached hydrogens (primary N) is 1. The van der Waals surface area contributed by atoms with Gasteiger partial charge in [0, 0.05) is 18.4 Å². The van der Waals surface area contributed by atoms with E-state index in [1.165, 1.54) is 0 Å². The Bertz CT molecular complexity index is 396. The summed E-state index contributed by atoms with van der Waals surface area (Å²) in [6, 6.07) is 6.12. The lowest BCUT2D eigenvalue weighted by Crippen LogP contribution is -2.43. The fraction of sp³-hybridized carbons (Fsp3) is 0.571. The quantitative estimate of drug-likeness (QED) is 0.795. The first-order chi connectivity index (χ1) is 7.81. The van der Waals surface area contributed by atoms with Crippen molar-refractivity contribution < 1.29 is 8.78 Å². The largest absolute Gasteiger partial charge is 0.321 e. The van der Waals surface area contributed by atoms with Crippen molar-refractivity contribution in [2.45, 2.75) is 51.0 Å². The average Bonchev–Trinajstić information content (AvgIpc) is 2.22. The minimum absolute atomic E-state index is 0.101. The van der Waals surface area contributed by atoms with Gasteiger partial charge in [-0.2, -0.15) is 0 Å². The molecule has 1 aromatic rings. The first-order valence-electron chi connectivity index (χ1n) is 6.06. The van der Waals surface area contributed by atoms with Crippen molar-refractivity contribution in [3.05, 3.63) is 34.9 Å². The standard InChI is InChI=1S/C14H19F2N/c1-10-7-11(2)9-12(8-10)13(17)3-5-14(15,16)6-4-13/h7-9H,3-6,17H2,1-2H3. The molecule has 0 heterocycles. The van der Waals surface area contributed by atoms with Gasteiger partial charge in [-0.3, -0.25) is 0 Å². The Kier molecular flexibility index (Phi) is 2.98. The minimum Gasteiger partial charge on any atom is -0.321 e. The summed E-state index contributed by atoms with van der Waals surface area (Å²) in [5.41, 5.74) is 9.02. The zero-order chi connectivity index (χ0) is 12.7. The van der Waals surface area contributed by atoms with E-state index in [0.29, 0.717) is 12.8 Å². The molecule has 1 fully saturated rings. The second-order valence-electron chi connectivity index (χ2n) is 5.39. The van der Waals surface area contributed by atoms with Crippen molar-refractivity contribution in [3.8, 4) is 0 Å². The van der Waals surface area contributed by atoms with Crippen LogP contribution in [0.25, 0.3) is 0 Å². The van der Waals surface area contributed by atoms with Crippen molar-refractivity contribution in [3.63, 3.8) is 0 Å². The number of alkyl halides is 2. The molecule has 0 atom stereocenters. The van der Waals surface area contributed by atoms with Gasteiger partial charge in [0.2, 0.25) is 5.92 Å². The third-order valence-electron chi connectivity index (χ3n) is 3.67. The molecule has 2 rings (SSSR count). The summed E-state index contributed by atoms with van der Waals surface area (Å²) < 4.78 is 26.3. The van der Waals surface area contributed by atoms with Gasteiger partial charge in [0.15, 0.2) is 0 Å². The molecule has 0 saturated heterocycles. The fourth-order valence-corrected chi connectivity index (χ4v) is 2.61. The van der Waals surface area contributed by atoms with E-state index < -0.39 is 11.5 Å². The zero-order valence-corrected chi connectivity index (χ0v) is 10.4. The van der Waals surface area contributed by atoms with Crippen molar-refractivity contribution in [1.29, 1.82) is 0 Å². The lowest BCUT2D eigenvalue weighted by molar-refractivity contribution is -0.0514. The number of aryl methyl sites for hydroxylation is 2. The predicted molar refractivity (Wildman–Crippen MR) is 65.2 cm³/mol.